The van der Waals surface area contributed by atoms with Crippen molar-refractivity contribution in [2.24, 2.45) is 0 Å². The van der Waals surface area contributed by atoms with Gasteiger partial charge in [-0.15, -0.1) is 0 Å². The van der Waals surface area contributed by atoms with Crippen molar-refractivity contribution in [1.29, 1.82) is 0 Å². The molecule has 2 aromatic rings. The van der Waals surface area contributed by atoms with Crippen molar-refractivity contribution < 1.29 is 19.1 Å². The van der Waals surface area contributed by atoms with E-state index < -0.39 is 0 Å². The third-order valence-electron chi connectivity index (χ3n) is 3.76. The molecule has 140 valence electrons. The number of aromatic nitrogens is 2. The van der Waals surface area contributed by atoms with Gasteiger partial charge in [-0.05, 0) is 24.6 Å². The number of rotatable bonds is 8. The van der Waals surface area contributed by atoms with Crippen molar-refractivity contribution in [3.63, 3.8) is 0 Å². The highest BCUT2D eigenvalue weighted by atomic mass is 16.5. The van der Waals surface area contributed by atoms with Crippen molar-refractivity contribution in [2.75, 3.05) is 33.6 Å². The van der Waals surface area contributed by atoms with E-state index in [1.807, 2.05) is 12.3 Å². The molecule has 1 aromatic carbocycles. The van der Waals surface area contributed by atoms with Gasteiger partial charge in [0.2, 0.25) is 5.91 Å². The average Bonchev–Trinajstić information content (AvgIpc) is 3.13. The van der Waals surface area contributed by atoms with Crippen LogP contribution in [0.15, 0.2) is 30.6 Å². The number of methoxy groups -OCH3 is 2. The minimum absolute atomic E-state index is 0.174. The summed E-state index contributed by atoms with van der Waals surface area (Å²) in [6, 6.07) is 5.02. The molecule has 0 aliphatic rings. The van der Waals surface area contributed by atoms with E-state index >= 15 is 0 Å². The lowest BCUT2D eigenvalue weighted by molar-refractivity contribution is -0.116. The first-order chi connectivity index (χ1) is 12.5. The maximum atomic E-state index is 12.3. The van der Waals surface area contributed by atoms with Crippen molar-refractivity contribution >= 4 is 17.5 Å². The fraction of sp³-hybridized carbons (Fsp3) is 0.389. The molecule has 0 aliphatic carbocycles. The van der Waals surface area contributed by atoms with E-state index in [0.717, 1.165) is 0 Å². The van der Waals surface area contributed by atoms with E-state index in [9.17, 15) is 9.59 Å². The number of carbonyl (C=O) groups excluding carboxylic acids is 2. The molecule has 0 aliphatic heterocycles. The topological polar surface area (TPSA) is 85.7 Å². The Balaban J connectivity index is 2.13. The van der Waals surface area contributed by atoms with Crippen LogP contribution in [0.1, 0.15) is 23.2 Å². The van der Waals surface area contributed by atoms with E-state index in [4.69, 9.17) is 9.47 Å². The van der Waals surface area contributed by atoms with Crippen molar-refractivity contribution in [1.82, 2.24) is 14.7 Å². The number of hydrogen-bond donors (Lipinski definition) is 1. The maximum absolute atomic E-state index is 12.3. The van der Waals surface area contributed by atoms with Crippen LogP contribution in [0.5, 0.6) is 11.5 Å². The molecular weight excluding hydrogens is 336 g/mol. The van der Waals surface area contributed by atoms with Crippen LogP contribution >= 0.6 is 0 Å². The maximum Gasteiger partial charge on any atom is 0.253 e. The molecule has 8 heteroatoms. The summed E-state index contributed by atoms with van der Waals surface area (Å²) >= 11 is 0. The molecule has 0 bridgehead atoms. The summed E-state index contributed by atoms with van der Waals surface area (Å²) < 4.78 is 12.4. The Morgan fingerprint density at radius 1 is 1.23 bits per heavy atom. The molecule has 26 heavy (non-hydrogen) atoms. The fourth-order valence-corrected chi connectivity index (χ4v) is 2.49. The second-order valence-electron chi connectivity index (χ2n) is 5.88. The zero-order valence-corrected chi connectivity index (χ0v) is 15.5. The van der Waals surface area contributed by atoms with Crippen molar-refractivity contribution in [2.45, 2.75) is 19.4 Å². The summed E-state index contributed by atoms with van der Waals surface area (Å²) in [5.74, 6) is 0.391. The largest absolute Gasteiger partial charge is 0.493 e. The third kappa shape index (κ3) is 4.75. The highest BCUT2D eigenvalue weighted by Gasteiger charge is 2.18. The molecule has 1 N–H and O–H groups in total. The molecule has 1 heterocycles. The van der Waals surface area contributed by atoms with E-state index in [2.05, 4.69) is 10.4 Å². The van der Waals surface area contributed by atoms with E-state index in [1.165, 1.54) is 19.1 Å². The molecule has 2 amide bonds. The molecule has 2 rings (SSSR count). The molecular formula is C18H24N4O4. The summed E-state index contributed by atoms with van der Waals surface area (Å²) in [4.78, 5) is 26.0. The van der Waals surface area contributed by atoms with E-state index in [0.29, 0.717) is 42.1 Å². The molecule has 8 nitrogen and oxygen atoms in total. The first-order valence-electron chi connectivity index (χ1n) is 8.21. The van der Waals surface area contributed by atoms with Gasteiger partial charge in [-0.3, -0.25) is 14.3 Å². The predicted octanol–water partition coefficient (Wildman–Crippen LogP) is 2.02. The van der Waals surface area contributed by atoms with Crippen LogP contribution in [0.25, 0.3) is 0 Å². The zero-order valence-electron chi connectivity index (χ0n) is 15.5. The second kappa shape index (κ2) is 8.89. The second-order valence-corrected chi connectivity index (χ2v) is 5.88. The Labute approximate surface area is 152 Å². The standard InChI is InChI=1S/C18H24N4O4/c1-21(2)18(24)13-11-14(17(26-4)15(12-13)25-3)20-16(23)7-5-9-22-10-6-8-19-22/h6,8,10-12H,5,7,9H2,1-4H3,(H,20,23). The number of aryl methyl sites for hydroxylation is 1. The summed E-state index contributed by atoms with van der Waals surface area (Å²) in [7, 11) is 6.29. The third-order valence-corrected chi connectivity index (χ3v) is 3.76. The molecule has 0 saturated heterocycles. The Morgan fingerprint density at radius 3 is 2.58 bits per heavy atom. The molecule has 1 aromatic heterocycles. The van der Waals surface area contributed by atoms with Crippen LogP contribution in [-0.2, 0) is 11.3 Å². The Morgan fingerprint density at radius 2 is 2.00 bits per heavy atom. The van der Waals surface area contributed by atoms with Crippen LogP contribution in [0, 0.1) is 0 Å². The number of amides is 2. The Hall–Kier alpha value is -3.03. The van der Waals surface area contributed by atoms with Gasteiger partial charge in [0.05, 0.1) is 19.9 Å². The number of benzene rings is 1. The SMILES string of the molecule is COc1cc(C(=O)N(C)C)cc(NC(=O)CCCn2cccn2)c1OC. The lowest BCUT2D eigenvalue weighted by Gasteiger charge is -2.17. The summed E-state index contributed by atoms with van der Waals surface area (Å²) in [6.07, 6.45) is 4.51. The van der Waals surface area contributed by atoms with Gasteiger partial charge in [-0.25, -0.2) is 0 Å². The number of nitrogens with one attached hydrogen (secondary N) is 1. The van der Waals surface area contributed by atoms with Gasteiger partial charge < -0.3 is 19.7 Å². The summed E-state index contributed by atoms with van der Waals surface area (Å²) in [5.41, 5.74) is 0.806. The van der Waals surface area contributed by atoms with Crippen LogP contribution in [-0.4, -0.2) is 54.8 Å². The summed E-state index contributed by atoms with van der Waals surface area (Å²) in [5, 5.41) is 6.91. The minimum atomic E-state index is -0.194. The number of ether oxygens (including phenoxy) is 2. The monoisotopic (exact) mass is 360 g/mol. The van der Waals surface area contributed by atoms with Crippen LogP contribution < -0.4 is 14.8 Å². The molecule has 0 fully saturated rings. The van der Waals surface area contributed by atoms with Gasteiger partial charge in [0.1, 0.15) is 0 Å². The van der Waals surface area contributed by atoms with Gasteiger partial charge in [0.25, 0.3) is 5.91 Å². The Bertz CT molecular complexity index is 757. The minimum Gasteiger partial charge on any atom is -0.493 e. The Kier molecular flexibility index (Phi) is 6.60. The molecule has 0 atom stereocenters. The van der Waals surface area contributed by atoms with Crippen molar-refractivity contribution in [3.8, 4) is 11.5 Å². The van der Waals surface area contributed by atoms with Gasteiger partial charge in [-0.2, -0.15) is 5.10 Å². The van der Waals surface area contributed by atoms with Gasteiger partial charge >= 0.3 is 0 Å². The molecule has 0 radical (unpaired) electrons. The first kappa shape index (κ1) is 19.3. The van der Waals surface area contributed by atoms with Crippen LogP contribution in [0.3, 0.4) is 0 Å². The first-order valence-corrected chi connectivity index (χ1v) is 8.21. The van der Waals surface area contributed by atoms with Crippen LogP contribution in [0.4, 0.5) is 5.69 Å². The highest BCUT2D eigenvalue weighted by Crippen LogP contribution is 2.37. The van der Waals surface area contributed by atoms with Crippen molar-refractivity contribution in [3.05, 3.63) is 36.2 Å². The lowest BCUT2D eigenvalue weighted by atomic mass is 10.1. The molecule has 0 unspecified atom stereocenters. The molecule has 0 saturated carbocycles. The number of hydrogen-bond acceptors (Lipinski definition) is 5. The van der Waals surface area contributed by atoms with Gasteiger partial charge in [0.15, 0.2) is 11.5 Å². The number of anilines is 1. The van der Waals surface area contributed by atoms with E-state index in [1.54, 1.807) is 37.1 Å². The van der Waals surface area contributed by atoms with E-state index in [-0.39, 0.29) is 11.8 Å². The predicted molar refractivity (Wildman–Crippen MR) is 97.7 cm³/mol. The summed E-state index contributed by atoms with van der Waals surface area (Å²) in [6.45, 7) is 0.653. The molecule has 0 spiro atoms. The number of nitrogens with zero attached hydrogens (tertiary/aromatic N) is 3. The van der Waals surface area contributed by atoms with Crippen LogP contribution in [0.2, 0.25) is 0 Å². The normalized spacial score (nSPS) is 10.3. The zero-order chi connectivity index (χ0) is 19.1. The quantitative estimate of drug-likeness (QED) is 0.778. The number of carbonyl (C=O) groups is 2. The average molecular weight is 360 g/mol. The van der Waals surface area contributed by atoms with Gasteiger partial charge in [0, 0.05) is 45.0 Å². The fourth-order valence-electron chi connectivity index (χ4n) is 2.49. The lowest BCUT2D eigenvalue weighted by Crippen LogP contribution is -2.22. The highest BCUT2D eigenvalue weighted by molar-refractivity contribution is 5.99. The smallest absolute Gasteiger partial charge is 0.253 e. The van der Waals surface area contributed by atoms with Gasteiger partial charge in [-0.1, -0.05) is 0 Å².